The number of hydrogen-bond acceptors (Lipinski definition) is 3. The third-order valence-corrected chi connectivity index (χ3v) is 3.50. The van der Waals surface area contributed by atoms with Gasteiger partial charge in [0.25, 0.3) is 15.6 Å². The van der Waals surface area contributed by atoms with E-state index in [1.807, 2.05) is 6.92 Å². The molecule has 1 N–H and O–H groups in total. The standard InChI is InChI=1S/C8H14N2O3S/c1-2-3-4-7-14(12,13)10-6-5-8(11)9-10/h5-6H,2-4,7H2,1H3,(H,9,11). The van der Waals surface area contributed by atoms with Crippen LogP contribution in [0.25, 0.3) is 0 Å². The van der Waals surface area contributed by atoms with Crippen molar-refractivity contribution in [2.24, 2.45) is 0 Å². The van der Waals surface area contributed by atoms with Gasteiger partial charge in [0.05, 0.1) is 5.75 Å². The number of rotatable bonds is 5. The van der Waals surface area contributed by atoms with Crippen LogP contribution in [0.4, 0.5) is 0 Å². The van der Waals surface area contributed by atoms with Crippen LogP contribution in [0.15, 0.2) is 17.1 Å². The van der Waals surface area contributed by atoms with E-state index in [-0.39, 0.29) is 5.75 Å². The predicted octanol–water partition coefficient (Wildman–Crippen LogP) is 0.544. The SMILES string of the molecule is CCCCCS(=O)(=O)n1ccc(=O)[nH]1. The van der Waals surface area contributed by atoms with Crippen molar-refractivity contribution >= 4 is 10.0 Å². The number of hydrogen-bond donors (Lipinski definition) is 1. The largest absolute Gasteiger partial charge is 0.268 e. The van der Waals surface area contributed by atoms with E-state index in [1.165, 1.54) is 12.3 Å². The second-order valence-corrected chi connectivity index (χ2v) is 5.08. The van der Waals surface area contributed by atoms with E-state index < -0.39 is 15.6 Å². The average Bonchev–Trinajstić information content (AvgIpc) is 2.53. The van der Waals surface area contributed by atoms with E-state index in [2.05, 4.69) is 5.10 Å². The first-order valence-electron chi connectivity index (χ1n) is 4.57. The Balaban J connectivity index is 2.71. The molecule has 1 heterocycles. The molecule has 0 fully saturated rings. The zero-order chi connectivity index (χ0) is 10.6. The van der Waals surface area contributed by atoms with E-state index in [0.717, 1.165) is 16.9 Å². The molecule has 0 aliphatic carbocycles. The fourth-order valence-corrected chi connectivity index (χ4v) is 2.35. The van der Waals surface area contributed by atoms with Gasteiger partial charge in [-0.1, -0.05) is 19.8 Å². The van der Waals surface area contributed by atoms with E-state index in [0.29, 0.717) is 6.42 Å². The van der Waals surface area contributed by atoms with Crippen LogP contribution in [-0.4, -0.2) is 23.4 Å². The van der Waals surface area contributed by atoms with E-state index in [1.54, 1.807) is 0 Å². The highest BCUT2D eigenvalue weighted by atomic mass is 32.2. The fourth-order valence-electron chi connectivity index (χ4n) is 1.11. The highest BCUT2D eigenvalue weighted by molar-refractivity contribution is 7.89. The number of aromatic nitrogens is 2. The van der Waals surface area contributed by atoms with Gasteiger partial charge >= 0.3 is 0 Å². The Morgan fingerprint density at radius 1 is 1.43 bits per heavy atom. The van der Waals surface area contributed by atoms with Gasteiger partial charge in [-0.25, -0.2) is 8.42 Å². The molecule has 0 atom stereocenters. The molecule has 80 valence electrons. The molecule has 14 heavy (non-hydrogen) atoms. The average molecular weight is 218 g/mol. The highest BCUT2D eigenvalue weighted by Crippen LogP contribution is 2.00. The first-order valence-corrected chi connectivity index (χ1v) is 6.18. The third kappa shape index (κ3) is 2.73. The lowest BCUT2D eigenvalue weighted by molar-refractivity contribution is 0.574. The molecule has 5 nitrogen and oxygen atoms in total. The summed E-state index contributed by atoms with van der Waals surface area (Å²) in [6.45, 7) is 2.00. The second-order valence-electron chi connectivity index (χ2n) is 3.11. The molecular formula is C8H14N2O3S. The summed E-state index contributed by atoms with van der Waals surface area (Å²) in [5.74, 6) is 0.0749. The molecule has 1 aromatic rings. The van der Waals surface area contributed by atoms with E-state index in [9.17, 15) is 13.2 Å². The van der Waals surface area contributed by atoms with Crippen LogP contribution in [-0.2, 0) is 10.0 Å². The summed E-state index contributed by atoms with van der Waals surface area (Å²) in [6, 6.07) is 1.19. The van der Waals surface area contributed by atoms with Crippen molar-refractivity contribution in [3.8, 4) is 0 Å². The molecule has 0 aromatic carbocycles. The minimum Gasteiger partial charge on any atom is -0.268 e. The molecule has 1 aromatic heterocycles. The maximum Gasteiger partial charge on any atom is 0.264 e. The molecule has 0 radical (unpaired) electrons. The lowest BCUT2D eigenvalue weighted by atomic mass is 10.3. The summed E-state index contributed by atoms with van der Waals surface area (Å²) < 4.78 is 23.9. The van der Waals surface area contributed by atoms with Crippen molar-refractivity contribution in [3.63, 3.8) is 0 Å². The van der Waals surface area contributed by atoms with Crippen LogP contribution in [0.2, 0.25) is 0 Å². The van der Waals surface area contributed by atoms with Crippen molar-refractivity contribution in [1.29, 1.82) is 0 Å². The van der Waals surface area contributed by atoms with E-state index >= 15 is 0 Å². The molecule has 0 aliphatic rings. The second kappa shape index (κ2) is 4.45. The van der Waals surface area contributed by atoms with Gasteiger partial charge in [0.1, 0.15) is 0 Å². The lowest BCUT2D eigenvalue weighted by Crippen LogP contribution is -2.19. The van der Waals surface area contributed by atoms with Crippen molar-refractivity contribution < 1.29 is 8.42 Å². The minimum atomic E-state index is -3.35. The van der Waals surface area contributed by atoms with Crippen LogP contribution in [0.1, 0.15) is 26.2 Å². The molecule has 0 amide bonds. The van der Waals surface area contributed by atoms with Crippen LogP contribution in [0.5, 0.6) is 0 Å². The molecule has 0 unspecified atom stereocenters. The quantitative estimate of drug-likeness (QED) is 0.733. The Morgan fingerprint density at radius 2 is 2.14 bits per heavy atom. The molecule has 6 heteroatoms. The van der Waals surface area contributed by atoms with E-state index in [4.69, 9.17) is 0 Å². The predicted molar refractivity (Wildman–Crippen MR) is 53.8 cm³/mol. The maximum absolute atomic E-state index is 11.5. The van der Waals surface area contributed by atoms with Gasteiger partial charge in [-0.2, -0.15) is 4.09 Å². The summed E-state index contributed by atoms with van der Waals surface area (Å²) in [7, 11) is -3.35. The molecule has 0 saturated heterocycles. The topological polar surface area (TPSA) is 71.9 Å². The van der Waals surface area contributed by atoms with Gasteiger partial charge in [-0.15, -0.1) is 0 Å². The molecule has 0 spiro atoms. The summed E-state index contributed by atoms with van der Waals surface area (Å²) in [4.78, 5) is 10.7. The monoisotopic (exact) mass is 218 g/mol. The van der Waals surface area contributed by atoms with Crippen molar-refractivity contribution in [1.82, 2.24) is 9.19 Å². The molecular weight excluding hydrogens is 204 g/mol. The number of unbranched alkanes of at least 4 members (excludes halogenated alkanes) is 2. The highest BCUT2D eigenvalue weighted by Gasteiger charge is 2.11. The Hall–Kier alpha value is -1.04. The smallest absolute Gasteiger partial charge is 0.264 e. The zero-order valence-corrected chi connectivity index (χ0v) is 8.88. The van der Waals surface area contributed by atoms with Crippen LogP contribution >= 0.6 is 0 Å². The van der Waals surface area contributed by atoms with Crippen LogP contribution in [0.3, 0.4) is 0 Å². The summed E-state index contributed by atoms with van der Waals surface area (Å²) >= 11 is 0. The van der Waals surface area contributed by atoms with Gasteiger partial charge in [0, 0.05) is 12.3 Å². The number of nitrogens with zero attached hydrogens (tertiary/aromatic N) is 1. The van der Waals surface area contributed by atoms with Gasteiger partial charge in [-0.05, 0) is 6.42 Å². The first-order chi connectivity index (χ1) is 6.56. The van der Waals surface area contributed by atoms with Gasteiger partial charge in [-0.3, -0.25) is 9.89 Å². The molecule has 0 aliphatic heterocycles. The maximum atomic E-state index is 11.5. The Bertz CT molecular complexity index is 429. The van der Waals surface area contributed by atoms with Crippen LogP contribution in [0, 0.1) is 0 Å². The fraction of sp³-hybridized carbons (Fsp3) is 0.625. The normalized spacial score (nSPS) is 11.8. The first kappa shape index (κ1) is 11.0. The summed E-state index contributed by atoms with van der Waals surface area (Å²) in [6.07, 6.45) is 3.71. The summed E-state index contributed by atoms with van der Waals surface area (Å²) in [5, 5.41) is 2.22. The Morgan fingerprint density at radius 3 is 2.64 bits per heavy atom. The minimum absolute atomic E-state index is 0.0749. The molecule has 1 rings (SSSR count). The zero-order valence-electron chi connectivity index (χ0n) is 8.06. The summed E-state index contributed by atoms with van der Waals surface area (Å²) in [5.41, 5.74) is -0.399. The van der Waals surface area contributed by atoms with Crippen molar-refractivity contribution in [2.75, 3.05) is 5.75 Å². The van der Waals surface area contributed by atoms with Crippen LogP contribution < -0.4 is 5.56 Å². The van der Waals surface area contributed by atoms with Crippen molar-refractivity contribution in [2.45, 2.75) is 26.2 Å². The van der Waals surface area contributed by atoms with Gasteiger partial charge in [0.15, 0.2) is 0 Å². The van der Waals surface area contributed by atoms with Gasteiger partial charge < -0.3 is 0 Å². The molecule has 0 bridgehead atoms. The molecule has 0 saturated carbocycles. The number of aromatic amines is 1. The Labute approximate surface area is 82.8 Å². The van der Waals surface area contributed by atoms with Gasteiger partial charge in [0.2, 0.25) is 0 Å². The lowest BCUT2D eigenvalue weighted by Gasteiger charge is -2.03. The number of H-pyrrole nitrogens is 1. The third-order valence-electron chi connectivity index (χ3n) is 1.89. The van der Waals surface area contributed by atoms with Crippen molar-refractivity contribution in [3.05, 3.63) is 22.6 Å². The number of nitrogens with one attached hydrogen (secondary N) is 1. The Kier molecular flexibility index (Phi) is 3.51.